The molecule has 2 unspecified atom stereocenters. The number of hydrogen-bond donors (Lipinski definition) is 1. The molecule has 21 heavy (non-hydrogen) atoms. The number of carbonyl (C=O) groups excluding carboxylic acids is 1. The third kappa shape index (κ3) is 3.60. The molecule has 6 heteroatoms. The molecular formula is C15H20ClNO4. The van der Waals surface area contributed by atoms with Crippen LogP contribution in [0.5, 0.6) is 11.5 Å². The topological polar surface area (TPSA) is 59.0 Å². The van der Waals surface area contributed by atoms with E-state index in [4.69, 9.17) is 26.2 Å². The van der Waals surface area contributed by atoms with Crippen LogP contribution < -0.4 is 14.4 Å². The van der Waals surface area contributed by atoms with Crippen molar-refractivity contribution in [3.05, 3.63) is 18.2 Å². The molecule has 116 valence electrons. The first-order chi connectivity index (χ1) is 10.1. The van der Waals surface area contributed by atoms with E-state index in [1.165, 1.54) is 0 Å². The molecule has 1 aromatic carbocycles. The van der Waals surface area contributed by atoms with Crippen molar-refractivity contribution in [2.75, 3.05) is 37.6 Å². The number of benzene rings is 1. The third-order valence-corrected chi connectivity index (χ3v) is 3.93. The number of alkyl halides is 1. The fourth-order valence-corrected chi connectivity index (χ4v) is 2.25. The Bertz CT molecular complexity index is 504. The van der Waals surface area contributed by atoms with E-state index >= 15 is 0 Å². The molecule has 0 saturated carbocycles. The number of aliphatic hydroxyl groups is 1. The highest BCUT2D eigenvalue weighted by atomic mass is 35.5. The lowest BCUT2D eigenvalue weighted by atomic mass is 10.1. The predicted molar refractivity (Wildman–Crippen MR) is 81.3 cm³/mol. The number of nitrogens with zero attached hydrogens (tertiary/aromatic N) is 1. The summed E-state index contributed by atoms with van der Waals surface area (Å²) in [6.45, 7) is 2.52. The number of halogens is 1. The van der Waals surface area contributed by atoms with E-state index in [1.807, 2.05) is 6.92 Å². The highest BCUT2D eigenvalue weighted by Gasteiger charge is 2.26. The first kappa shape index (κ1) is 15.9. The summed E-state index contributed by atoms with van der Waals surface area (Å²) in [5, 5.41) is 9.10. The second-order valence-electron chi connectivity index (χ2n) is 5.25. The van der Waals surface area contributed by atoms with Gasteiger partial charge in [0.2, 0.25) is 5.91 Å². The maximum atomic E-state index is 12.1. The van der Waals surface area contributed by atoms with Gasteiger partial charge in [-0.15, -0.1) is 11.6 Å². The van der Waals surface area contributed by atoms with Gasteiger partial charge in [-0.1, -0.05) is 6.92 Å². The Morgan fingerprint density at radius 2 is 2.33 bits per heavy atom. The summed E-state index contributed by atoms with van der Waals surface area (Å²) in [5.41, 5.74) is 0.688. The number of amides is 1. The van der Waals surface area contributed by atoms with Crippen molar-refractivity contribution in [3.8, 4) is 11.5 Å². The number of rotatable bonds is 5. The minimum absolute atomic E-state index is 0.0138. The molecule has 1 heterocycles. The van der Waals surface area contributed by atoms with Crippen molar-refractivity contribution >= 4 is 23.2 Å². The Balaban J connectivity index is 2.16. The van der Waals surface area contributed by atoms with E-state index in [2.05, 4.69) is 0 Å². The Hall–Kier alpha value is -1.46. The number of hydrogen-bond acceptors (Lipinski definition) is 4. The summed E-state index contributed by atoms with van der Waals surface area (Å²) in [6.07, 6.45) is 0. The van der Waals surface area contributed by atoms with Crippen molar-refractivity contribution in [2.45, 2.75) is 6.92 Å². The Kier molecular flexibility index (Phi) is 5.31. The molecule has 0 radical (unpaired) electrons. The maximum Gasteiger partial charge on any atom is 0.233 e. The predicted octanol–water partition coefficient (Wildman–Crippen LogP) is 1.90. The van der Waals surface area contributed by atoms with Gasteiger partial charge in [0.1, 0.15) is 11.5 Å². The summed E-state index contributed by atoms with van der Waals surface area (Å²) >= 11 is 5.72. The van der Waals surface area contributed by atoms with Crippen molar-refractivity contribution in [2.24, 2.45) is 11.8 Å². The molecule has 1 aliphatic rings. The highest BCUT2D eigenvalue weighted by molar-refractivity contribution is 6.18. The van der Waals surface area contributed by atoms with Gasteiger partial charge in [0.25, 0.3) is 0 Å². The first-order valence-corrected chi connectivity index (χ1v) is 7.44. The molecule has 1 amide bonds. The average Bonchev–Trinajstić information content (AvgIpc) is 2.61. The van der Waals surface area contributed by atoms with Crippen molar-refractivity contribution in [3.63, 3.8) is 0 Å². The van der Waals surface area contributed by atoms with Crippen LogP contribution in [0.2, 0.25) is 0 Å². The number of carbonyl (C=O) groups is 1. The lowest BCUT2D eigenvalue weighted by Gasteiger charge is -2.19. The molecular weight excluding hydrogens is 294 g/mol. The summed E-state index contributed by atoms with van der Waals surface area (Å²) in [6, 6.07) is 5.35. The van der Waals surface area contributed by atoms with E-state index in [9.17, 15) is 4.79 Å². The molecule has 1 aliphatic heterocycles. The van der Waals surface area contributed by atoms with Crippen LogP contribution >= 0.6 is 11.6 Å². The normalized spacial score (nSPS) is 19.5. The van der Waals surface area contributed by atoms with Crippen molar-refractivity contribution in [1.82, 2.24) is 0 Å². The summed E-state index contributed by atoms with van der Waals surface area (Å²) in [5.74, 6) is 1.34. The Morgan fingerprint density at radius 3 is 3.00 bits per heavy atom. The summed E-state index contributed by atoms with van der Waals surface area (Å²) in [4.78, 5) is 13.7. The van der Waals surface area contributed by atoms with Crippen LogP contribution in [0.3, 0.4) is 0 Å². The molecule has 2 atom stereocenters. The Morgan fingerprint density at radius 1 is 1.57 bits per heavy atom. The van der Waals surface area contributed by atoms with Gasteiger partial charge in [0, 0.05) is 24.9 Å². The third-order valence-electron chi connectivity index (χ3n) is 3.49. The van der Waals surface area contributed by atoms with Crippen LogP contribution in [0.15, 0.2) is 18.2 Å². The molecule has 5 nitrogen and oxygen atoms in total. The second kappa shape index (κ2) is 7.00. The zero-order valence-corrected chi connectivity index (χ0v) is 13.0. The number of aliphatic hydroxyl groups excluding tert-OH is 1. The molecule has 0 bridgehead atoms. The molecule has 1 N–H and O–H groups in total. The van der Waals surface area contributed by atoms with E-state index in [-0.39, 0.29) is 24.3 Å². The van der Waals surface area contributed by atoms with Gasteiger partial charge < -0.3 is 19.5 Å². The van der Waals surface area contributed by atoms with Gasteiger partial charge in [0.15, 0.2) is 0 Å². The van der Waals surface area contributed by atoms with Crippen molar-refractivity contribution in [1.29, 1.82) is 0 Å². The standard InChI is InChI=1S/C15H20ClNO4/c1-10-8-21-14-4-3-12(20-9-11(6-16)7-18)5-13(14)17(2)15(10)19/h3-5,10-11,18H,6-9H2,1-2H3. The lowest BCUT2D eigenvalue weighted by molar-refractivity contribution is -0.122. The molecule has 2 rings (SSSR count). The summed E-state index contributed by atoms with van der Waals surface area (Å²) < 4.78 is 11.3. The maximum absolute atomic E-state index is 12.1. The highest BCUT2D eigenvalue weighted by Crippen LogP contribution is 2.35. The van der Waals surface area contributed by atoms with E-state index in [0.717, 1.165) is 0 Å². The van der Waals surface area contributed by atoms with E-state index in [0.29, 0.717) is 36.3 Å². The van der Waals surface area contributed by atoms with Crippen LogP contribution in [0, 0.1) is 11.8 Å². The van der Waals surface area contributed by atoms with Gasteiger partial charge in [-0.05, 0) is 12.1 Å². The minimum atomic E-state index is -0.179. The lowest BCUT2D eigenvalue weighted by Crippen LogP contribution is -2.31. The molecule has 0 spiro atoms. The van der Waals surface area contributed by atoms with Gasteiger partial charge in [-0.25, -0.2) is 0 Å². The fraction of sp³-hybridized carbons (Fsp3) is 0.533. The number of fused-ring (bicyclic) bond motifs is 1. The average molecular weight is 314 g/mol. The first-order valence-electron chi connectivity index (χ1n) is 6.90. The SMILES string of the molecule is CC1COc2ccc(OCC(CO)CCl)cc2N(C)C1=O. The molecule has 0 aromatic heterocycles. The van der Waals surface area contributed by atoms with Crippen LogP contribution in [0.1, 0.15) is 6.92 Å². The number of ether oxygens (including phenoxy) is 2. The zero-order valence-electron chi connectivity index (χ0n) is 12.2. The van der Waals surface area contributed by atoms with Crippen LogP contribution in [-0.4, -0.2) is 43.8 Å². The molecule has 0 fully saturated rings. The molecule has 0 saturated heterocycles. The van der Waals surface area contributed by atoms with Gasteiger partial charge in [-0.3, -0.25) is 4.79 Å². The minimum Gasteiger partial charge on any atom is -0.493 e. The van der Waals surface area contributed by atoms with Gasteiger partial charge in [0.05, 0.1) is 31.4 Å². The Labute approximate surface area is 129 Å². The largest absolute Gasteiger partial charge is 0.493 e. The van der Waals surface area contributed by atoms with Crippen molar-refractivity contribution < 1.29 is 19.4 Å². The van der Waals surface area contributed by atoms with Crippen LogP contribution in [0.4, 0.5) is 5.69 Å². The second-order valence-corrected chi connectivity index (χ2v) is 5.56. The fourth-order valence-electron chi connectivity index (χ4n) is 2.07. The quantitative estimate of drug-likeness (QED) is 0.844. The van der Waals surface area contributed by atoms with Gasteiger partial charge in [-0.2, -0.15) is 0 Å². The summed E-state index contributed by atoms with van der Waals surface area (Å²) in [7, 11) is 1.73. The number of anilines is 1. The molecule has 1 aromatic rings. The monoisotopic (exact) mass is 313 g/mol. The smallest absolute Gasteiger partial charge is 0.233 e. The van der Waals surface area contributed by atoms with E-state index in [1.54, 1.807) is 30.1 Å². The van der Waals surface area contributed by atoms with E-state index < -0.39 is 0 Å². The van der Waals surface area contributed by atoms with Gasteiger partial charge >= 0.3 is 0 Å². The van der Waals surface area contributed by atoms with Crippen LogP contribution in [-0.2, 0) is 4.79 Å². The molecule has 0 aliphatic carbocycles. The zero-order chi connectivity index (χ0) is 15.4. The van der Waals surface area contributed by atoms with Crippen LogP contribution in [0.25, 0.3) is 0 Å².